The van der Waals surface area contributed by atoms with Crippen LogP contribution in [0.1, 0.15) is 61.3 Å². The molecule has 2 aliphatic rings. The van der Waals surface area contributed by atoms with Crippen molar-refractivity contribution in [3.8, 4) is 0 Å². The lowest BCUT2D eigenvalue weighted by Crippen LogP contribution is -2.55. The molecule has 4 nitrogen and oxygen atoms in total. The monoisotopic (exact) mass is 533 g/mol. The number of hydrogen-bond donors (Lipinski definition) is 0. The van der Waals surface area contributed by atoms with Crippen molar-refractivity contribution >= 4 is 5.97 Å². The number of carbonyl (C=O) groups excluding carboxylic acids is 1. The maximum absolute atomic E-state index is 13.7. The summed E-state index contributed by atoms with van der Waals surface area (Å²) in [4.78, 5) is 15.7. The number of piperidine rings is 1. The molecule has 0 saturated carbocycles. The van der Waals surface area contributed by atoms with Crippen LogP contribution in [0.15, 0.2) is 78.9 Å². The fraction of sp³-hybridized carbons (Fsp3) is 0.424. The van der Waals surface area contributed by atoms with Crippen molar-refractivity contribution in [3.63, 3.8) is 0 Å². The molecule has 2 aliphatic heterocycles. The number of hydrogen-bond acceptors (Lipinski definition) is 4. The Morgan fingerprint density at radius 3 is 2.13 bits per heavy atom. The number of halogens is 2. The predicted octanol–water partition coefficient (Wildman–Crippen LogP) is 6.88. The predicted molar refractivity (Wildman–Crippen MR) is 147 cm³/mol. The van der Waals surface area contributed by atoms with E-state index in [0.717, 1.165) is 62.6 Å². The molecule has 0 aliphatic carbocycles. The average molecular weight is 534 g/mol. The fourth-order valence-electron chi connectivity index (χ4n) is 6.45. The zero-order valence-electron chi connectivity index (χ0n) is 22.5. The van der Waals surface area contributed by atoms with Gasteiger partial charge in [0.2, 0.25) is 0 Å². The largest absolute Gasteiger partial charge is 0.469 e. The van der Waals surface area contributed by atoms with E-state index in [9.17, 15) is 13.6 Å². The number of fused-ring (bicyclic) bond motifs is 2. The van der Waals surface area contributed by atoms with Crippen LogP contribution in [0.2, 0.25) is 0 Å². The van der Waals surface area contributed by atoms with Gasteiger partial charge in [-0.25, -0.2) is 8.78 Å². The van der Waals surface area contributed by atoms with Gasteiger partial charge in [-0.2, -0.15) is 0 Å². The molecule has 0 aromatic heterocycles. The number of benzene rings is 3. The Balaban J connectivity index is 1.29. The van der Waals surface area contributed by atoms with E-state index in [0.29, 0.717) is 6.04 Å². The Hall–Kier alpha value is -3.09. The van der Waals surface area contributed by atoms with Crippen LogP contribution in [0.3, 0.4) is 0 Å². The van der Waals surface area contributed by atoms with Crippen LogP contribution in [0.5, 0.6) is 0 Å². The summed E-state index contributed by atoms with van der Waals surface area (Å²) in [7, 11) is 1.44. The number of carbonyl (C=O) groups is 1. The Kier molecular flexibility index (Phi) is 9.05. The van der Waals surface area contributed by atoms with Gasteiger partial charge in [-0.3, -0.25) is 9.69 Å². The lowest BCUT2D eigenvalue weighted by atomic mass is 9.86. The van der Waals surface area contributed by atoms with Crippen LogP contribution >= 0.6 is 0 Å². The summed E-state index contributed by atoms with van der Waals surface area (Å²) in [5, 5.41) is 0. The molecule has 206 valence electrons. The maximum Gasteiger partial charge on any atom is 0.312 e. The molecule has 39 heavy (non-hydrogen) atoms. The number of esters is 1. The topological polar surface area (TPSA) is 38.8 Å². The summed E-state index contributed by atoms with van der Waals surface area (Å²) in [6.45, 7) is 0.962. The van der Waals surface area contributed by atoms with Crippen LogP contribution in [0, 0.1) is 17.6 Å². The second-order valence-corrected chi connectivity index (χ2v) is 10.8. The van der Waals surface area contributed by atoms with Crippen LogP contribution in [0.4, 0.5) is 8.78 Å². The highest BCUT2D eigenvalue weighted by atomic mass is 19.1. The van der Waals surface area contributed by atoms with Crippen molar-refractivity contribution in [1.82, 2.24) is 4.90 Å². The van der Waals surface area contributed by atoms with Gasteiger partial charge in [-0.15, -0.1) is 0 Å². The highest BCUT2D eigenvalue weighted by Gasteiger charge is 2.51. The molecule has 2 unspecified atom stereocenters. The number of unbranched alkanes of at least 4 members (excludes halogenated alkanes) is 2. The van der Waals surface area contributed by atoms with Crippen molar-refractivity contribution in [2.24, 2.45) is 5.92 Å². The van der Waals surface area contributed by atoms with Crippen LogP contribution in [-0.4, -0.2) is 42.7 Å². The van der Waals surface area contributed by atoms with Crippen molar-refractivity contribution in [2.75, 3.05) is 13.7 Å². The molecule has 2 fully saturated rings. The number of aryl methyl sites for hydroxylation is 1. The molecule has 0 radical (unpaired) electrons. The summed E-state index contributed by atoms with van der Waals surface area (Å²) < 4.78 is 39.4. The molecule has 0 spiro atoms. The molecule has 3 aromatic rings. The number of ether oxygens (including phenoxy) is 2. The van der Waals surface area contributed by atoms with E-state index in [-0.39, 0.29) is 29.7 Å². The standard InChI is InChI=1S/C33H37F2NO3/c1-38-33(37)31-29-20-19-28(36(29)21-7-3-6-10-23-8-4-2-5-9-23)22-30(31)39-32(24-11-15-26(34)16-12-24)25-13-17-27(35)18-14-25/h2,4-5,8-9,11-18,28-32H,3,6-7,10,19-22H2,1H3/t28?,29?,30-,31+/m0/s1. The molecule has 0 amide bonds. The third-order valence-corrected chi connectivity index (χ3v) is 8.36. The molecule has 4 atom stereocenters. The minimum absolute atomic E-state index is 0.0670. The van der Waals surface area contributed by atoms with Crippen molar-refractivity contribution in [1.29, 1.82) is 0 Å². The van der Waals surface area contributed by atoms with Gasteiger partial charge in [0.05, 0.1) is 19.1 Å². The van der Waals surface area contributed by atoms with Gasteiger partial charge >= 0.3 is 5.97 Å². The van der Waals surface area contributed by atoms with E-state index < -0.39 is 12.0 Å². The van der Waals surface area contributed by atoms with E-state index in [1.54, 1.807) is 24.3 Å². The lowest BCUT2D eigenvalue weighted by Gasteiger charge is -2.44. The zero-order chi connectivity index (χ0) is 27.2. The average Bonchev–Trinajstić information content (AvgIpc) is 3.24. The first kappa shape index (κ1) is 27.5. The highest BCUT2D eigenvalue weighted by Crippen LogP contribution is 2.43. The van der Waals surface area contributed by atoms with Gasteiger partial charge in [0.25, 0.3) is 0 Å². The van der Waals surface area contributed by atoms with Gasteiger partial charge < -0.3 is 9.47 Å². The smallest absolute Gasteiger partial charge is 0.312 e. The summed E-state index contributed by atoms with van der Waals surface area (Å²) in [5.74, 6) is -1.34. The van der Waals surface area contributed by atoms with Gasteiger partial charge in [-0.05, 0) is 86.0 Å². The third-order valence-electron chi connectivity index (χ3n) is 8.36. The molecule has 5 rings (SSSR count). The first-order valence-corrected chi connectivity index (χ1v) is 14.1. The quantitative estimate of drug-likeness (QED) is 0.199. The van der Waals surface area contributed by atoms with Crippen LogP contribution < -0.4 is 0 Å². The van der Waals surface area contributed by atoms with Crippen LogP contribution in [-0.2, 0) is 20.7 Å². The number of methoxy groups -OCH3 is 1. The summed E-state index contributed by atoms with van der Waals surface area (Å²) >= 11 is 0. The molecule has 0 N–H and O–H groups in total. The minimum Gasteiger partial charge on any atom is -0.469 e. The van der Waals surface area contributed by atoms with E-state index in [4.69, 9.17) is 9.47 Å². The molecular formula is C33H37F2NO3. The van der Waals surface area contributed by atoms with Crippen molar-refractivity contribution in [3.05, 3.63) is 107 Å². The molecule has 2 bridgehead atoms. The summed E-state index contributed by atoms with van der Waals surface area (Å²) in [6, 6.07) is 23.3. The molecule has 6 heteroatoms. The van der Waals surface area contributed by atoms with Gasteiger partial charge in [0.1, 0.15) is 17.7 Å². The fourth-order valence-corrected chi connectivity index (χ4v) is 6.45. The van der Waals surface area contributed by atoms with E-state index in [1.807, 2.05) is 6.07 Å². The Morgan fingerprint density at radius 2 is 1.51 bits per heavy atom. The molecule has 3 aromatic carbocycles. The first-order valence-electron chi connectivity index (χ1n) is 14.1. The zero-order valence-corrected chi connectivity index (χ0v) is 22.5. The molecule has 2 heterocycles. The first-order chi connectivity index (χ1) is 19.0. The van der Waals surface area contributed by atoms with Crippen LogP contribution in [0.25, 0.3) is 0 Å². The second-order valence-electron chi connectivity index (χ2n) is 10.8. The molecular weight excluding hydrogens is 496 g/mol. The van der Waals surface area contributed by atoms with Gasteiger partial charge in [0.15, 0.2) is 0 Å². The molecule has 2 saturated heterocycles. The van der Waals surface area contributed by atoms with E-state index >= 15 is 0 Å². The normalized spacial score (nSPS) is 22.8. The summed E-state index contributed by atoms with van der Waals surface area (Å²) in [5.41, 5.74) is 2.90. The Bertz CT molecular complexity index is 1160. The van der Waals surface area contributed by atoms with Crippen molar-refractivity contribution in [2.45, 2.75) is 69.2 Å². The third kappa shape index (κ3) is 6.56. The minimum atomic E-state index is -0.549. The SMILES string of the molecule is COC(=O)[C@@H]1C2CCC(C[C@@H]1OC(c1ccc(F)cc1)c1ccc(F)cc1)N2CCCCCc1ccccc1. The van der Waals surface area contributed by atoms with Crippen molar-refractivity contribution < 1.29 is 23.0 Å². The van der Waals surface area contributed by atoms with E-state index in [1.165, 1.54) is 36.9 Å². The number of rotatable bonds is 11. The van der Waals surface area contributed by atoms with Gasteiger partial charge in [0, 0.05) is 12.1 Å². The Labute approximate surface area is 229 Å². The van der Waals surface area contributed by atoms with E-state index in [2.05, 4.69) is 29.2 Å². The highest BCUT2D eigenvalue weighted by molar-refractivity contribution is 5.74. The summed E-state index contributed by atoms with van der Waals surface area (Å²) in [6.07, 6.45) is 6.25. The lowest BCUT2D eigenvalue weighted by molar-refractivity contribution is -0.163. The Morgan fingerprint density at radius 1 is 0.872 bits per heavy atom. The number of nitrogens with zero attached hydrogens (tertiary/aromatic N) is 1. The maximum atomic E-state index is 13.7. The van der Waals surface area contributed by atoms with Gasteiger partial charge in [-0.1, -0.05) is 61.0 Å². The second kappa shape index (κ2) is 12.8.